The van der Waals surface area contributed by atoms with Crippen molar-refractivity contribution in [3.8, 4) is 0 Å². The molecule has 0 aliphatic rings. The van der Waals surface area contributed by atoms with E-state index in [0.717, 1.165) is 7.11 Å². The van der Waals surface area contributed by atoms with Crippen LogP contribution in [-0.2, 0) is 19.1 Å². The molecule has 102 valence electrons. The number of para-hydroxylation sites is 1. The summed E-state index contributed by atoms with van der Waals surface area (Å²) in [4.78, 5) is 22.9. The lowest BCUT2D eigenvalue weighted by molar-refractivity contribution is -0.133. The Balaban J connectivity index is 2.92. The highest BCUT2D eigenvalue weighted by Crippen LogP contribution is 2.12. The van der Waals surface area contributed by atoms with Gasteiger partial charge >= 0.3 is 5.97 Å². The topological polar surface area (TPSA) is 77.0 Å². The molecule has 6 nitrogen and oxygen atoms in total. The molecule has 0 heterocycles. The van der Waals surface area contributed by atoms with Gasteiger partial charge in [0.15, 0.2) is 0 Å². The molecule has 1 aromatic carbocycles. The second-order valence-electron chi connectivity index (χ2n) is 3.40. The minimum Gasteiger partial charge on any atom is -0.464 e. The predicted octanol–water partition coefficient (Wildman–Crippen LogP) is 0.982. The SMILES string of the molecule is COCC(=O)/C(=N/Nc1ccccc1F)C(=O)OC. The van der Waals surface area contributed by atoms with Crippen molar-refractivity contribution in [2.45, 2.75) is 0 Å². The summed E-state index contributed by atoms with van der Waals surface area (Å²) in [5.41, 5.74) is 1.85. The van der Waals surface area contributed by atoms with Crippen molar-refractivity contribution in [2.24, 2.45) is 5.10 Å². The number of Topliss-reactive ketones (excluding diaryl/α,β-unsaturated/α-hetero) is 1. The number of nitrogens with one attached hydrogen (secondary N) is 1. The smallest absolute Gasteiger partial charge is 0.362 e. The molecule has 0 atom stereocenters. The van der Waals surface area contributed by atoms with E-state index in [1.165, 1.54) is 25.3 Å². The fourth-order valence-electron chi connectivity index (χ4n) is 1.19. The van der Waals surface area contributed by atoms with E-state index in [0.29, 0.717) is 0 Å². The van der Waals surface area contributed by atoms with Crippen molar-refractivity contribution in [1.82, 2.24) is 0 Å². The molecule has 1 N–H and O–H groups in total. The first-order chi connectivity index (χ1) is 9.10. The van der Waals surface area contributed by atoms with Gasteiger partial charge in [-0.2, -0.15) is 5.10 Å². The molecule has 0 amide bonds. The van der Waals surface area contributed by atoms with Crippen LogP contribution in [0.5, 0.6) is 0 Å². The molecule has 0 fully saturated rings. The van der Waals surface area contributed by atoms with Crippen LogP contribution in [0.25, 0.3) is 0 Å². The molecule has 0 aliphatic carbocycles. The summed E-state index contributed by atoms with van der Waals surface area (Å²) in [6.07, 6.45) is 0. The molecule has 7 heteroatoms. The van der Waals surface area contributed by atoms with Crippen LogP contribution in [0, 0.1) is 5.82 Å². The van der Waals surface area contributed by atoms with Crippen molar-refractivity contribution in [2.75, 3.05) is 26.3 Å². The number of rotatable bonds is 6. The van der Waals surface area contributed by atoms with E-state index in [-0.39, 0.29) is 12.3 Å². The summed E-state index contributed by atoms with van der Waals surface area (Å²) in [5.74, 6) is -2.15. The first-order valence-electron chi connectivity index (χ1n) is 5.28. The summed E-state index contributed by atoms with van der Waals surface area (Å²) >= 11 is 0. The van der Waals surface area contributed by atoms with E-state index in [9.17, 15) is 14.0 Å². The van der Waals surface area contributed by atoms with Crippen LogP contribution in [0.15, 0.2) is 29.4 Å². The number of benzene rings is 1. The Hall–Kier alpha value is -2.28. The lowest BCUT2D eigenvalue weighted by Crippen LogP contribution is -2.29. The van der Waals surface area contributed by atoms with Crippen LogP contribution < -0.4 is 5.43 Å². The second-order valence-corrected chi connectivity index (χ2v) is 3.40. The van der Waals surface area contributed by atoms with Crippen LogP contribution in [0.4, 0.5) is 10.1 Å². The molecule has 0 spiro atoms. The predicted molar refractivity (Wildman–Crippen MR) is 66.4 cm³/mol. The zero-order valence-corrected chi connectivity index (χ0v) is 10.5. The van der Waals surface area contributed by atoms with Crippen LogP contribution in [0.3, 0.4) is 0 Å². The molecule has 0 saturated heterocycles. The summed E-state index contributed by atoms with van der Waals surface area (Å²) < 4.78 is 22.3. The number of ether oxygens (including phenoxy) is 2. The molecular formula is C12H13FN2O4. The number of halogens is 1. The Labute approximate surface area is 109 Å². The van der Waals surface area contributed by atoms with Crippen LogP contribution in [0.1, 0.15) is 0 Å². The van der Waals surface area contributed by atoms with Gasteiger partial charge in [0.2, 0.25) is 11.5 Å². The highest BCUT2D eigenvalue weighted by atomic mass is 19.1. The number of hydrogen-bond donors (Lipinski definition) is 1. The number of hydrogen-bond acceptors (Lipinski definition) is 6. The molecule has 0 radical (unpaired) electrons. The highest BCUT2D eigenvalue weighted by Gasteiger charge is 2.21. The molecule has 19 heavy (non-hydrogen) atoms. The maximum atomic E-state index is 13.3. The molecule has 0 bridgehead atoms. The number of esters is 1. The van der Waals surface area contributed by atoms with E-state index in [1.54, 1.807) is 6.07 Å². The molecule has 0 aliphatic heterocycles. The Morgan fingerprint density at radius 3 is 2.58 bits per heavy atom. The Morgan fingerprint density at radius 2 is 2.00 bits per heavy atom. The second kappa shape index (κ2) is 7.22. The highest BCUT2D eigenvalue weighted by molar-refractivity contribution is 6.64. The molecule has 0 saturated carbocycles. The largest absolute Gasteiger partial charge is 0.464 e. The van der Waals surface area contributed by atoms with Gasteiger partial charge in [0.25, 0.3) is 0 Å². The van der Waals surface area contributed by atoms with Gasteiger partial charge in [0.1, 0.15) is 12.4 Å². The average Bonchev–Trinajstić information content (AvgIpc) is 2.41. The third-order valence-electron chi connectivity index (χ3n) is 2.08. The lowest BCUT2D eigenvalue weighted by atomic mass is 10.2. The van der Waals surface area contributed by atoms with Crippen molar-refractivity contribution < 1.29 is 23.5 Å². The van der Waals surface area contributed by atoms with Crippen molar-refractivity contribution in [1.29, 1.82) is 0 Å². The minimum atomic E-state index is -0.925. The first-order valence-corrected chi connectivity index (χ1v) is 5.28. The number of carbonyl (C=O) groups is 2. The van der Waals surface area contributed by atoms with Crippen LogP contribution >= 0.6 is 0 Å². The molecule has 1 rings (SSSR count). The van der Waals surface area contributed by atoms with E-state index >= 15 is 0 Å². The fraction of sp³-hybridized carbons (Fsp3) is 0.250. The van der Waals surface area contributed by atoms with Gasteiger partial charge < -0.3 is 9.47 Å². The molecule has 0 aromatic heterocycles. The van der Waals surface area contributed by atoms with Crippen molar-refractivity contribution in [3.63, 3.8) is 0 Å². The van der Waals surface area contributed by atoms with Crippen molar-refractivity contribution >= 4 is 23.2 Å². The van der Waals surface area contributed by atoms with E-state index in [4.69, 9.17) is 0 Å². The van der Waals surface area contributed by atoms with Crippen LogP contribution in [-0.4, -0.2) is 38.3 Å². The summed E-state index contributed by atoms with van der Waals surface area (Å²) in [7, 11) is 2.41. The maximum absolute atomic E-state index is 13.3. The lowest BCUT2D eigenvalue weighted by Gasteiger charge is -2.05. The molecule has 0 unspecified atom stereocenters. The molecule has 1 aromatic rings. The zero-order chi connectivity index (χ0) is 14.3. The molecular weight excluding hydrogens is 255 g/mol. The Bertz CT molecular complexity index is 502. The van der Waals surface area contributed by atoms with Gasteiger partial charge in [0, 0.05) is 7.11 Å². The zero-order valence-electron chi connectivity index (χ0n) is 10.5. The van der Waals surface area contributed by atoms with Crippen LogP contribution in [0.2, 0.25) is 0 Å². The van der Waals surface area contributed by atoms with Gasteiger partial charge in [-0.3, -0.25) is 10.2 Å². The van der Waals surface area contributed by atoms with E-state index < -0.39 is 23.3 Å². The Kier molecular flexibility index (Phi) is 5.62. The van der Waals surface area contributed by atoms with E-state index in [1.807, 2.05) is 0 Å². The Morgan fingerprint density at radius 1 is 1.32 bits per heavy atom. The van der Waals surface area contributed by atoms with Gasteiger partial charge in [-0.15, -0.1) is 0 Å². The fourth-order valence-corrected chi connectivity index (χ4v) is 1.19. The average molecular weight is 268 g/mol. The quantitative estimate of drug-likeness (QED) is 0.360. The number of nitrogens with zero attached hydrogens (tertiary/aromatic N) is 1. The number of carbonyl (C=O) groups excluding carboxylic acids is 2. The van der Waals surface area contributed by atoms with Gasteiger partial charge in [-0.25, -0.2) is 9.18 Å². The van der Waals surface area contributed by atoms with Crippen molar-refractivity contribution in [3.05, 3.63) is 30.1 Å². The number of anilines is 1. The standard InChI is InChI=1S/C12H13FN2O4/c1-18-7-10(16)11(12(17)19-2)15-14-9-6-4-3-5-8(9)13/h3-6,14H,7H2,1-2H3/b15-11-. The normalized spacial score (nSPS) is 11.0. The third-order valence-corrected chi connectivity index (χ3v) is 2.08. The van der Waals surface area contributed by atoms with Gasteiger partial charge in [0.05, 0.1) is 12.8 Å². The van der Waals surface area contributed by atoms with E-state index in [2.05, 4.69) is 20.0 Å². The number of methoxy groups -OCH3 is 2. The number of ketones is 1. The monoisotopic (exact) mass is 268 g/mol. The minimum absolute atomic E-state index is 0.0362. The third kappa shape index (κ3) is 4.14. The summed E-state index contributed by atoms with van der Waals surface area (Å²) in [5, 5.41) is 3.57. The summed E-state index contributed by atoms with van der Waals surface area (Å²) in [6, 6.07) is 5.71. The number of hydrazone groups is 1. The van der Waals surface area contributed by atoms with Gasteiger partial charge in [-0.05, 0) is 12.1 Å². The summed E-state index contributed by atoms with van der Waals surface area (Å²) in [6.45, 7) is -0.327. The van der Waals surface area contributed by atoms with Gasteiger partial charge in [-0.1, -0.05) is 12.1 Å². The maximum Gasteiger partial charge on any atom is 0.362 e. The first kappa shape index (κ1) is 14.8.